The van der Waals surface area contributed by atoms with Crippen molar-refractivity contribution < 1.29 is 27.5 Å². The molecule has 10 heteroatoms. The van der Waals surface area contributed by atoms with E-state index in [0.717, 1.165) is 32.0 Å². The molecule has 1 fully saturated rings. The Hall–Kier alpha value is -2.52. The second-order valence-electron chi connectivity index (χ2n) is 9.86. The predicted molar refractivity (Wildman–Crippen MR) is 140 cm³/mol. The Kier molecular flexibility index (Phi) is 7.05. The van der Waals surface area contributed by atoms with Crippen molar-refractivity contribution in [1.82, 2.24) is 4.90 Å². The highest BCUT2D eigenvalue weighted by molar-refractivity contribution is 6.35. The van der Waals surface area contributed by atoms with Gasteiger partial charge in [0.25, 0.3) is 5.91 Å². The van der Waals surface area contributed by atoms with Crippen LogP contribution in [0.2, 0.25) is 10.0 Å². The third-order valence-corrected chi connectivity index (χ3v) is 8.28. The van der Waals surface area contributed by atoms with E-state index in [1.807, 2.05) is 0 Å². The standard InChI is InChI=1S/C28H27Cl2F3N2O3/c1-3-34(4-2)19-10-16(11-19)15-35-23-13-17(24-6-5-9-38-24)12-21(28(31,32)33)25(23)27(37,26(35)36)20-8-7-18(29)14-22(20)30/h5-9,12-14,16,19,37H,3-4,10-11,15H2,1-2H3/t16-,19-,27?. The number of carbonyl (C=O) groups is 1. The molecule has 5 rings (SSSR count). The Morgan fingerprint density at radius 2 is 1.84 bits per heavy atom. The maximum Gasteiger partial charge on any atom is 0.416 e. The molecule has 1 atom stereocenters. The molecule has 0 bridgehead atoms. The van der Waals surface area contributed by atoms with E-state index in [0.29, 0.717) is 6.04 Å². The molecule has 1 aromatic heterocycles. The first-order valence-electron chi connectivity index (χ1n) is 12.5. The van der Waals surface area contributed by atoms with Gasteiger partial charge in [-0.15, -0.1) is 0 Å². The van der Waals surface area contributed by atoms with Gasteiger partial charge in [0.2, 0.25) is 0 Å². The molecule has 2 heterocycles. The summed E-state index contributed by atoms with van der Waals surface area (Å²) in [6.45, 7) is 6.14. The van der Waals surface area contributed by atoms with Crippen LogP contribution in [-0.2, 0) is 16.6 Å². The number of alkyl halides is 3. The number of fused-ring (bicyclic) bond motifs is 1. The quantitative estimate of drug-likeness (QED) is 0.335. The van der Waals surface area contributed by atoms with Crippen LogP contribution in [0.25, 0.3) is 11.3 Å². The summed E-state index contributed by atoms with van der Waals surface area (Å²) in [5.74, 6) is -0.581. The van der Waals surface area contributed by atoms with Gasteiger partial charge in [0.1, 0.15) is 5.76 Å². The van der Waals surface area contributed by atoms with Crippen LogP contribution < -0.4 is 4.90 Å². The molecule has 3 aromatic rings. The lowest BCUT2D eigenvalue weighted by Crippen LogP contribution is -2.50. The molecule has 38 heavy (non-hydrogen) atoms. The van der Waals surface area contributed by atoms with E-state index >= 15 is 0 Å². The normalized spacial score (nSPS) is 23.2. The van der Waals surface area contributed by atoms with Gasteiger partial charge in [0, 0.05) is 39.3 Å². The van der Waals surface area contributed by atoms with E-state index in [1.165, 1.54) is 35.4 Å². The molecule has 2 aliphatic rings. The molecule has 202 valence electrons. The zero-order valence-corrected chi connectivity index (χ0v) is 22.4. The molecule has 1 aliphatic carbocycles. The van der Waals surface area contributed by atoms with Gasteiger partial charge < -0.3 is 19.3 Å². The fourth-order valence-corrected chi connectivity index (χ4v) is 6.35. The number of amides is 1. The second-order valence-corrected chi connectivity index (χ2v) is 10.7. The molecule has 2 aromatic carbocycles. The minimum absolute atomic E-state index is 0.00368. The van der Waals surface area contributed by atoms with E-state index in [1.54, 1.807) is 12.1 Å². The number of halogens is 5. The zero-order chi connectivity index (χ0) is 27.4. The van der Waals surface area contributed by atoms with Crippen molar-refractivity contribution in [3.63, 3.8) is 0 Å². The summed E-state index contributed by atoms with van der Waals surface area (Å²) in [6, 6.07) is 9.86. The third-order valence-electron chi connectivity index (χ3n) is 7.74. The van der Waals surface area contributed by atoms with Crippen LogP contribution in [0, 0.1) is 5.92 Å². The minimum atomic E-state index is -4.87. The highest BCUT2D eigenvalue weighted by atomic mass is 35.5. The number of anilines is 1. The smallest absolute Gasteiger partial charge is 0.416 e. The predicted octanol–water partition coefficient (Wildman–Crippen LogP) is 6.98. The summed E-state index contributed by atoms with van der Waals surface area (Å²) in [5.41, 5.74) is -4.31. The topological polar surface area (TPSA) is 56.9 Å². The average Bonchev–Trinajstić information content (AvgIpc) is 3.44. The summed E-state index contributed by atoms with van der Waals surface area (Å²) < 4.78 is 49.1. The van der Waals surface area contributed by atoms with Gasteiger partial charge in [-0.25, -0.2) is 0 Å². The molecule has 1 N–H and O–H groups in total. The number of nitrogens with zero attached hydrogens (tertiary/aromatic N) is 2. The van der Waals surface area contributed by atoms with Crippen LogP contribution in [0.1, 0.15) is 43.4 Å². The lowest BCUT2D eigenvalue weighted by molar-refractivity contribution is -0.142. The van der Waals surface area contributed by atoms with Gasteiger partial charge >= 0.3 is 6.18 Å². The summed E-state index contributed by atoms with van der Waals surface area (Å²) in [4.78, 5) is 17.6. The van der Waals surface area contributed by atoms with E-state index in [4.69, 9.17) is 27.6 Å². The van der Waals surface area contributed by atoms with Gasteiger partial charge in [-0.2, -0.15) is 13.2 Å². The van der Waals surface area contributed by atoms with E-state index in [9.17, 15) is 23.1 Å². The molecule has 5 nitrogen and oxygen atoms in total. The number of benzene rings is 2. The van der Waals surface area contributed by atoms with Crippen molar-refractivity contribution in [3.8, 4) is 11.3 Å². The lowest BCUT2D eigenvalue weighted by Gasteiger charge is -2.43. The van der Waals surface area contributed by atoms with Crippen LogP contribution >= 0.6 is 23.2 Å². The number of carbonyl (C=O) groups excluding carboxylic acids is 1. The Morgan fingerprint density at radius 3 is 2.42 bits per heavy atom. The molecule has 1 aliphatic heterocycles. The maximum absolute atomic E-state index is 14.6. The van der Waals surface area contributed by atoms with Crippen molar-refractivity contribution in [2.75, 3.05) is 24.5 Å². The first-order chi connectivity index (χ1) is 18.0. The Bertz CT molecular complexity index is 1350. The van der Waals surface area contributed by atoms with Crippen LogP contribution in [0.5, 0.6) is 0 Å². The minimum Gasteiger partial charge on any atom is -0.464 e. The van der Waals surface area contributed by atoms with E-state index in [2.05, 4.69) is 18.7 Å². The van der Waals surface area contributed by atoms with Crippen molar-refractivity contribution in [1.29, 1.82) is 0 Å². The molecule has 1 unspecified atom stereocenters. The van der Waals surface area contributed by atoms with E-state index in [-0.39, 0.29) is 45.1 Å². The van der Waals surface area contributed by atoms with Crippen LogP contribution in [0.15, 0.2) is 53.1 Å². The van der Waals surface area contributed by atoms with Gasteiger partial charge in [-0.1, -0.05) is 43.1 Å². The first kappa shape index (κ1) is 27.1. The maximum atomic E-state index is 14.6. The van der Waals surface area contributed by atoms with Gasteiger partial charge in [0.15, 0.2) is 5.60 Å². The SMILES string of the molecule is CCN(CC)[C@H]1C[C@H](CN2C(=O)C(O)(c3ccc(Cl)cc3Cl)c3c2cc(-c2ccco2)cc3C(F)(F)F)C1. The Labute approximate surface area is 228 Å². The molecule has 0 saturated heterocycles. The number of furan rings is 1. The summed E-state index contributed by atoms with van der Waals surface area (Å²) >= 11 is 12.4. The Balaban J connectivity index is 1.66. The molecule has 1 saturated carbocycles. The highest BCUT2D eigenvalue weighted by Gasteiger charge is 2.57. The monoisotopic (exact) mass is 566 g/mol. The molecular weight excluding hydrogens is 540 g/mol. The lowest BCUT2D eigenvalue weighted by atomic mass is 9.78. The van der Waals surface area contributed by atoms with Crippen molar-refractivity contribution in [3.05, 3.63) is 75.5 Å². The van der Waals surface area contributed by atoms with E-state index < -0.39 is 28.8 Å². The number of rotatable bonds is 7. The highest BCUT2D eigenvalue weighted by Crippen LogP contribution is 2.53. The molecule has 1 amide bonds. The van der Waals surface area contributed by atoms with Gasteiger partial charge in [-0.05, 0) is 68.2 Å². The van der Waals surface area contributed by atoms with Crippen molar-refractivity contribution >= 4 is 34.8 Å². The van der Waals surface area contributed by atoms with Gasteiger partial charge in [-0.3, -0.25) is 4.79 Å². The van der Waals surface area contributed by atoms with Crippen LogP contribution in [-0.4, -0.2) is 41.6 Å². The number of aliphatic hydroxyl groups is 1. The van der Waals surface area contributed by atoms with Crippen LogP contribution in [0.3, 0.4) is 0 Å². The van der Waals surface area contributed by atoms with Crippen molar-refractivity contribution in [2.45, 2.75) is 44.5 Å². The number of hydrogen-bond acceptors (Lipinski definition) is 4. The third kappa shape index (κ3) is 4.41. The molecule has 0 spiro atoms. The first-order valence-corrected chi connectivity index (χ1v) is 13.3. The summed E-state index contributed by atoms with van der Waals surface area (Å²) in [7, 11) is 0. The van der Waals surface area contributed by atoms with Crippen molar-refractivity contribution in [2.24, 2.45) is 5.92 Å². The summed E-state index contributed by atoms with van der Waals surface area (Å²) in [5, 5.41) is 12.1. The fraction of sp³-hybridized carbons (Fsp3) is 0.393. The van der Waals surface area contributed by atoms with Gasteiger partial charge in [0.05, 0.1) is 17.5 Å². The zero-order valence-electron chi connectivity index (χ0n) is 20.9. The number of hydrogen-bond donors (Lipinski definition) is 1. The van der Waals surface area contributed by atoms with Crippen LogP contribution in [0.4, 0.5) is 18.9 Å². The largest absolute Gasteiger partial charge is 0.464 e. The summed E-state index contributed by atoms with van der Waals surface area (Å²) in [6.07, 6.45) is -1.89. The second kappa shape index (κ2) is 9.90. The molecule has 0 radical (unpaired) electrons. The average molecular weight is 567 g/mol. The fourth-order valence-electron chi connectivity index (χ4n) is 5.80. The molecular formula is C28H27Cl2F3N2O3. The Morgan fingerprint density at radius 1 is 1.13 bits per heavy atom.